The number of hydrogen-bond acceptors (Lipinski definition) is 5. The number of benzene rings is 2. The van der Waals surface area contributed by atoms with Crippen LogP contribution in [0, 0.1) is 0 Å². The molecule has 0 bridgehead atoms. The van der Waals surface area contributed by atoms with Crippen LogP contribution in [0.25, 0.3) is 38.2 Å². The van der Waals surface area contributed by atoms with Crippen LogP contribution in [0.5, 0.6) is 5.19 Å². The van der Waals surface area contributed by atoms with Crippen LogP contribution in [0.3, 0.4) is 0 Å². The van der Waals surface area contributed by atoms with Crippen LogP contribution >= 0.6 is 11.3 Å². The van der Waals surface area contributed by atoms with Gasteiger partial charge in [0.25, 0.3) is 5.19 Å². The first-order chi connectivity index (χ1) is 11.3. The Morgan fingerprint density at radius 3 is 2.87 bits per heavy atom. The van der Waals surface area contributed by atoms with Crippen molar-refractivity contribution in [2.75, 3.05) is 7.11 Å². The molecular weight excluding hydrogens is 310 g/mol. The number of ether oxygens (including phenoxy) is 1. The van der Waals surface area contributed by atoms with Crippen molar-refractivity contribution in [3.05, 3.63) is 48.7 Å². The number of aromatic nitrogens is 3. The molecule has 6 heteroatoms. The zero-order valence-electron chi connectivity index (χ0n) is 12.2. The topological polar surface area (TPSA) is 52.6 Å². The molecule has 0 spiro atoms. The molecule has 0 atom stereocenters. The van der Waals surface area contributed by atoms with Crippen LogP contribution in [0.15, 0.2) is 53.1 Å². The van der Waals surface area contributed by atoms with Gasteiger partial charge in [-0.15, -0.1) is 5.10 Å². The highest BCUT2D eigenvalue weighted by Gasteiger charge is 2.14. The quantitative estimate of drug-likeness (QED) is 0.484. The minimum Gasteiger partial charge on any atom is -0.472 e. The van der Waals surface area contributed by atoms with E-state index >= 15 is 0 Å². The van der Waals surface area contributed by atoms with Gasteiger partial charge in [0.1, 0.15) is 11.3 Å². The normalized spacial score (nSPS) is 11.7. The molecule has 0 N–H and O–H groups in total. The van der Waals surface area contributed by atoms with Crippen molar-refractivity contribution in [3.8, 4) is 16.6 Å². The molecule has 3 heterocycles. The van der Waals surface area contributed by atoms with Crippen LogP contribution in [0.2, 0.25) is 0 Å². The molecule has 0 radical (unpaired) electrons. The summed E-state index contributed by atoms with van der Waals surface area (Å²) in [6.45, 7) is 0. The summed E-state index contributed by atoms with van der Waals surface area (Å²) < 4.78 is 12.9. The fourth-order valence-corrected chi connectivity index (χ4v) is 3.48. The summed E-state index contributed by atoms with van der Waals surface area (Å²) in [4.78, 5) is 5.35. The molecule has 0 fully saturated rings. The van der Waals surface area contributed by atoms with E-state index in [0.29, 0.717) is 5.19 Å². The zero-order valence-corrected chi connectivity index (χ0v) is 13.0. The molecule has 0 aliphatic heterocycles. The van der Waals surface area contributed by atoms with E-state index in [4.69, 9.17) is 9.15 Å². The summed E-state index contributed by atoms with van der Waals surface area (Å²) in [6, 6.07) is 14.4. The Kier molecular flexibility index (Phi) is 2.51. The van der Waals surface area contributed by atoms with Crippen molar-refractivity contribution in [2.45, 2.75) is 0 Å². The maximum atomic E-state index is 6.09. The summed E-state index contributed by atoms with van der Waals surface area (Å²) >= 11 is 1.40. The molecule has 0 saturated carbocycles. The Hall–Kier alpha value is -2.86. The fourth-order valence-electron chi connectivity index (χ4n) is 2.78. The standard InChI is InChI=1S/C17H11N3O2S/c1-21-17-19-20-9-13(18-16(20)23-17)14-8-11-7-6-10-4-2-3-5-12(10)15(11)22-14/h2-9H,1H3. The van der Waals surface area contributed by atoms with Crippen LogP contribution in [0.1, 0.15) is 0 Å². The first-order valence-corrected chi connectivity index (χ1v) is 7.95. The number of rotatable bonds is 2. The number of imidazole rings is 1. The van der Waals surface area contributed by atoms with Gasteiger partial charge >= 0.3 is 0 Å². The predicted molar refractivity (Wildman–Crippen MR) is 90.1 cm³/mol. The van der Waals surface area contributed by atoms with Gasteiger partial charge in [0.2, 0.25) is 4.96 Å². The summed E-state index contributed by atoms with van der Waals surface area (Å²) in [7, 11) is 1.60. The molecule has 5 nitrogen and oxygen atoms in total. The fraction of sp³-hybridized carbons (Fsp3) is 0.0588. The number of methoxy groups -OCH3 is 1. The van der Waals surface area contributed by atoms with Gasteiger partial charge in [-0.05, 0) is 22.8 Å². The number of fused-ring (bicyclic) bond motifs is 4. The second-order valence-electron chi connectivity index (χ2n) is 5.24. The summed E-state index contributed by atoms with van der Waals surface area (Å²) in [5.41, 5.74) is 1.66. The molecule has 3 aromatic heterocycles. The number of hydrogen-bond donors (Lipinski definition) is 0. The van der Waals surface area contributed by atoms with E-state index in [2.05, 4.69) is 34.3 Å². The maximum absolute atomic E-state index is 6.09. The lowest BCUT2D eigenvalue weighted by Gasteiger charge is -1.96. The average molecular weight is 321 g/mol. The molecule has 5 rings (SSSR count). The van der Waals surface area contributed by atoms with E-state index in [9.17, 15) is 0 Å². The average Bonchev–Trinajstić information content (AvgIpc) is 3.26. The summed E-state index contributed by atoms with van der Waals surface area (Å²) in [6.07, 6.45) is 1.86. The molecule has 0 unspecified atom stereocenters. The minimum absolute atomic E-state index is 0.592. The highest BCUT2D eigenvalue weighted by atomic mass is 32.1. The van der Waals surface area contributed by atoms with E-state index in [-0.39, 0.29) is 0 Å². The van der Waals surface area contributed by atoms with Gasteiger partial charge in [0.05, 0.1) is 13.3 Å². The Morgan fingerprint density at radius 2 is 2.00 bits per heavy atom. The largest absolute Gasteiger partial charge is 0.472 e. The van der Waals surface area contributed by atoms with E-state index < -0.39 is 0 Å². The first-order valence-electron chi connectivity index (χ1n) is 7.14. The van der Waals surface area contributed by atoms with E-state index in [1.54, 1.807) is 11.6 Å². The second-order valence-corrected chi connectivity index (χ2v) is 6.16. The third kappa shape index (κ3) is 1.85. The van der Waals surface area contributed by atoms with Gasteiger partial charge in [-0.1, -0.05) is 36.4 Å². The van der Waals surface area contributed by atoms with E-state index in [1.807, 2.05) is 24.4 Å². The molecule has 5 aromatic rings. The molecule has 23 heavy (non-hydrogen) atoms. The monoisotopic (exact) mass is 321 g/mol. The molecule has 112 valence electrons. The lowest BCUT2D eigenvalue weighted by atomic mass is 10.1. The van der Waals surface area contributed by atoms with Crippen molar-refractivity contribution < 1.29 is 9.15 Å². The van der Waals surface area contributed by atoms with E-state index in [1.165, 1.54) is 11.3 Å². The SMILES string of the molecule is COc1nn2cc(-c3cc4ccc5ccccc5c4o3)nc2s1. The van der Waals surface area contributed by atoms with Crippen LogP contribution < -0.4 is 4.74 Å². The Labute approximate surface area is 134 Å². The highest BCUT2D eigenvalue weighted by Crippen LogP contribution is 2.33. The third-order valence-corrected chi connectivity index (χ3v) is 4.74. The van der Waals surface area contributed by atoms with Crippen molar-refractivity contribution in [3.63, 3.8) is 0 Å². The smallest absolute Gasteiger partial charge is 0.294 e. The summed E-state index contributed by atoms with van der Waals surface area (Å²) in [5, 5.41) is 8.23. The van der Waals surface area contributed by atoms with E-state index in [0.717, 1.165) is 38.2 Å². The molecule has 0 saturated heterocycles. The lowest BCUT2D eigenvalue weighted by Crippen LogP contribution is -1.84. The van der Waals surface area contributed by atoms with Gasteiger partial charge in [-0.2, -0.15) is 0 Å². The van der Waals surface area contributed by atoms with Crippen molar-refractivity contribution in [2.24, 2.45) is 0 Å². The number of furan rings is 1. The third-order valence-electron chi connectivity index (χ3n) is 3.86. The van der Waals surface area contributed by atoms with Crippen LogP contribution in [-0.2, 0) is 0 Å². The van der Waals surface area contributed by atoms with Gasteiger partial charge in [-0.25, -0.2) is 9.50 Å². The van der Waals surface area contributed by atoms with Gasteiger partial charge in [0.15, 0.2) is 5.76 Å². The molecule has 0 amide bonds. The predicted octanol–water partition coefficient (Wildman–Crippen LogP) is 4.37. The molecule has 0 aliphatic rings. The van der Waals surface area contributed by atoms with Crippen LogP contribution in [0.4, 0.5) is 0 Å². The minimum atomic E-state index is 0.592. The molecular formula is C17H11N3O2S. The van der Waals surface area contributed by atoms with Crippen molar-refractivity contribution in [1.29, 1.82) is 0 Å². The van der Waals surface area contributed by atoms with Crippen molar-refractivity contribution >= 4 is 38.0 Å². The lowest BCUT2D eigenvalue weighted by molar-refractivity contribution is 0.405. The first kappa shape index (κ1) is 12.7. The van der Waals surface area contributed by atoms with Gasteiger partial charge in [0, 0.05) is 10.8 Å². The van der Waals surface area contributed by atoms with Crippen molar-refractivity contribution in [1.82, 2.24) is 14.6 Å². The maximum Gasteiger partial charge on any atom is 0.294 e. The molecule has 2 aromatic carbocycles. The summed E-state index contributed by atoms with van der Waals surface area (Å²) in [5.74, 6) is 0.744. The second kappa shape index (κ2) is 4.57. The molecule has 0 aliphatic carbocycles. The highest BCUT2D eigenvalue weighted by molar-refractivity contribution is 7.18. The van der Waals surface area contributed by atoms with Gasteiger partial charge < -0.3 is 9.15 Å². The number of nitrogens with zero attached hydrogens (tertiary/aromatic N) is 3. The Bertz CT molecular complexity index is 1140. The Morgan fingerprint density at radius 1 is 1.13 bits per heavy atom. The van der Waals surface area contributed by atoms with Gasteiger partial charge in [-0.3, -0.25) is 0 Å². The zero-order chi connectivity index (χ0) is 15.4. The van der Waals surface area contributed by atoms with Crippen LogP contribution in [-0.4, -0.2) is 21.7 Å². The Balaban J connectivity index is 1.71.